The molecule has 0 spiro atoms. The molecular formula is C15H14ClN3O. The Hall–Kier alpha value is -1.94. The summed E-state index contributed by atoms with van der Waals surface area (Å²) < 4.78 is 0. The lowest BCUT2D eigenvalue weighted by atomic mass is 10.1. The molecule has 2 aromatic rings. The first kappa shape index (κ1) is 13.1. The number of rotatable bonds is 3. The Morgan fingerprint density at radius 3 is 2.85 bits per heavy atom. The molecule has 1 N–H and O–H groups in total. The van der Waals surface area contributed by atoms with E-state index in [4.69, 9.17) is 11.6 Å². The number of halogens is 1. The number of benzene rings is 1. The van der Waals surface area contributed by atoms with Crippen molar-refractivity contribution in [1.29, 1.82) is 0 Å². The first-order valence-electron chi connectivity index (χ1n) is 6.55. The average Bonchev–Trinajstić information content (AvgIpc) is 2.85. The lowest BCUT2D eigenvalue weighted by Gasteiger charge is -2.11. The van der Waals surface area contributed by atoms with Gasteiger partial charge in [-0.15, -0.1) is 0 Å². The maximum absolute atomic E-state index is 11.1. The largest absolute Gasteiger partial charge is 0.339 e. The van der Waals surface area contributed by atoms with E-state index in [0.717, 1.165) is 18.5 Å². The van der Waals surface area contributed by atoms with E-state index in [-0.39, 0.29) is 10.7 Å². The fourth-order valence-corrected chi connectivity index (χ4v) is 2.79. The second kappa shape index (κ2) is 5.21. The summed E-state index contributed by atoms with van der Waals surface area (Å²) in [5, 5.41) is 3.35. The van der Waals surface area contributed by atoms with Crippen LogP contribution in [-0.4, -0.2) is 16.3 Å². The standard InChI is InChI=1S/C15H14ClN3O/c1-9-17-14(16)13(8-20)15(18-9)19-12-6-5-10-3-2-4-11(10)7-12/h5-8H,2-4H2,1H3,(H,17,18,19). The number of aryl methyl sites for hydroxylation is 3. The van der Waals surface area contributed by atoms with E-state index in [0.29, 0.717) is 17.9 Å². The van der Waals surface area contributed by atoms with E-state index in [9.17, 15) is 4.79 Å². The fourth-order valence-electron chi connectivity index (χ4n) is 2.53. The Morgan fingerprint density at radius 2 is 2.05 bits per heavy atom. The lowest BCUT2D eigenvalue weighted by Crippen LogP contribution is -2.03. The average molecular weight is 288 g/mol. The fraction of sp³-hybridized carbons (Fsp3) is 0.267. The van der Waals surface area contributed by atoms with Gasteiger partial charge in [-0.1, -0.05) is 17.7 Å². The third-order valence-electron chi connectivity index (χ3n) is 3.49. The van der Waals surface area contributed by atoms with Crippen LogP contribution in [0.1, 0.15) is 33.7 Å². The van der Waals surface area contributed by atoms with Gasteiger partial charge in [0.2, 0.25) is 0 Å². The Bertz CT molecular complexity index is 685. The van der Waals surface area contributed by atoms with Crippen molar-refractivity contribution in [2.45, 2.75) is 26.2 Å². The summed E-state index contributed by atoms with van der Waals surface area (Å²) >= 11 is 5.97. The number of carbonyl (C=O) groups excluding carboxylic acids is 1. The molecule has 0 unspecified atom stereocenters. The van der Waals surface area contributed by atoms with Gasteiger partial charge >= 0.3 is 0 Å². The highest BCUT2D eigenvalue weighted by molar-refractivity contribution is 6.32. The summed E-state index contributed by atoms with van der Waals surface area (Å²) in [5.41, 5.74) is 3.98. The molecule has 102 valence electrons. The topological polar surface area (TPSA) is 54.9 Å². The van der Waals surface area contributed by atoms with Crippen LogP contribution in [-0.2, 0) is 12.8 Å². The summed E-state index contributed by atoms with van der Waals surface area (Å²) in [6.45, 7) is 1.74. The molecule has 3 rings (SSSR count). The van der Waals surface area contributed by atoms with E-state index in [1.807, 2.05) is 6.07 Å². The summed E-state index contributed by atoms with van der Waals surface area (Å²) in [6.07, 6.45) is 4.14. The van der Waals surface area contributed by atoms with Gasteiger partial charge < -0.3 is 5.32 Å². The zero-order valence-electron chi connectivity index (χ0n) is 11.1. The van der Waals surface area contributed by atoms with Crippen LogP contribution in [0, 0.1) is 6.92 Å². The molecule has 0 saturated carbocycles. The number of aldehydes is 1. The van der Waals surface area contributed by atoms with Crippen LogP contribution in [0.25, 0.3) is 0 Å². The van der Waals surface area contributed by atoms with E-state index in [1.54, 1.807) is 6.92 Å². The number of nitrogens with one attached hydrogen (secondary N) is 1. The maximum atomic E-state index is 11.1. The first-order chi connectivity index (χ1) is 9.67. The van der Waals surface area contributed by atoms with Crippen LogP contribution in [0.3, 0.4) is 0 Å². The quantitative estimate of drug-likeness (QED) is 0.693. The molecule has 0 fully saturated rings. The molecule has 20 heavy (non-hydrogen) atoms. The Morgan fingerprint density at radius 1 is 1.25 bits per heavy atom. The van der Waals surface area contributed by atoms with E-state index >= 15 is 0 Å². The van der Waals surface area contributed by atoms with Crippen molar-refractivity contribution in [2.24, 2.45) is 0 Å². The molecule has 0 atom stereocenters. The van der Waals surface area contributed by atoms with Crippen LogP contribution in [0.4, 0.5) is 11.5 Å². The number of fused-ring (bicyclic) bond motifs is 1. The number of anilines is 2. The smallest absolute Gasteiger partial charge is 0.156 e. The summed E-state index contributed by atoms with van der Waals surface area (Å²) in [7, 11) is 0. The molecule has 1 aliphatic carbocycles. The Labute approximate surface area is 122 Å². The molecule has 5 heteroatoms. The van der Waals surface area contributed by atoms with E-state index in [1.165, 1.54) is 17.5 Å². The highest BCUT2D eigenvalue weighted by Gasteiger charge is 2.14. The van der Waals surface area contributed by atoms with E-state index < -0.39 is 0 Å². The minimum atomic E-state index is 0.177. The van der Waals surface area contributed by atoms with Gasteiger partial charge in [0.05, 0.1) is 5.56 Å². The molecule has 1 aliphatic rings. The molecule has 0 saturated heterocycles. The number of aromatic nitrogens is 2. The molecule has 1 aromatic carbocycles. The van der Waals surface area contributed by atoms with Crippen LogP contribution in [0.5, 0.6) is 0 Å². The van der Waals surface area contributed by atoms with Crippen molar-refractivity contribution in [1.82, 2.24) is 9.97 Å². The zero-order valence-corrected chi connectivity index (χ0v) is 11.9. The molecule has 1 aromatic heterocycles. The third kappa shape index (κ3) is 2.39. The van der Waals surface area contributed by atoms with E-state index in [2.05, 4.69) is 27.4 Å². The van der Waals surface area contributed by atoms with Crippen LogP contribution < -0.4 is 5.32 Å². The van der Waals surface area contributed by atoms with Crippen LogP contribution >= 0.6 is 11.6 Å². The molecule has 0 radical (unpaired) electrons. The molecule has 0 aliphatic heterocycles. The van der Waals surface area contributed by atoms with Gasteiger partial charge in [0.25, 0.3) is 0 Å². The molecular weight excluding hydrogens is 274 g/mol. The number of nitrogens with zero attached hydrogens (tertiary/aromatic N) is 2. The Kier molecular flexibility index (Phi) is 3.40. The second-order valence-electron chi connectivity index (χ2n) is 4.90. The number of hydrogen-bond donors (Lipinski definition) is 1. The second-order valence-corrected chi connectivity index (χ2v) is 5.26. The molecule has 0 bridgehead atoms. The normalized spacial score (nSPS) is 13.1. The van der Waals surface area contributed by atoms with Crippen molar-refractivity contribution in [2.75, 3.05) is 5.32 Å². The highest BCUT2D eigenvalue weighted by Crippen LogP contribution is 2.28. The van der Waals surface area contributed by atoms with Gasteiger partial charge in [-0.25, -0.2) is 9.97 Å². The minimum Gasteiger partial charge on any atom is -0.339 e. The van der Waals surface area contributed by atoms with Gasteiger partial charge in [0, 0.05) is 5.69 Å². The van der Waals surface area contributed by atoms with Crippen molar-refractivity contribution in [3.05, 3.63) is 45.9 Å². The predicted molar refractivity (Wildman–Crippen MR) is 78.9 cm³/mol. The predicted octanol–water partition coefficient (Wildman–Crippen LogP) is 3.48. The molecule has 4 nitrogen and oxygen atoms in total. The number of carbonyl (C=O) groups is 1. The van der Waals surface area contributed by atoms with Gasteiger partial charge in [-0.2, -0.15) is 0 Å². The monoisotopic (exact) mass is 287 g/mol. The summed E-state index contributed by atoms with van der Waals surface area (Å²) in [4.78, 5) is 19.4. The van der Waals surface area contributed by atoms with Gasteiger partial charge in [-0.3, -0.25) is 4.79 Å². The lowest BCUT2D eigenvalue weighted by molar-refractivity contribution is 0.112. The van der Waals surface area contributed by atoms with Gasteiger partial charge in [0.1, 0.15) is 16.8 Å². The SMILES string of the molecule is Cc1nc(Cl)c(C=O)c(Nc2ccc3c(c2)CCC3)n1. The zero-order chi connectivity index (χ0) is 14.1. The maximum Gasteiger partial charge on any atom is 0.156 e. The Balaban J connectivity index is 1.97. The van der Waals surface area contributed by atoms with Crippen molar-refractivity contribution < 1.29 is 4.79 Å². The highest BCUT2D eigenvalue weighted by atomic mass is 35.5. The minimum absolute atomic E-state index is 0.177. The number of hydrogen-bond acceptors (Lipinski definition) is 4. The van der Waals surface area contributed by atoms with Crippen LogP contribution in [0.15, 0.2) is 18.2 Å². The summed E-state index contributed by atoms with van der Waals surface area (Å²) in [5.74, 6) is 0.986. The third-order valence-corrected chi connectivity index (χ3v) is 3.78. The first-order valence-corrected chi connectivity index (χ1v) is 6.93. The summed E-state index contributed by atoms with van der Waals surface area (Å²) in [6, 6.07) is 6.24. The van der Waals surface area contributed by atoms with Crippen molar-refractivity contribution in [3.8, 4) is 0 Å². The molecule has 1 heterocycles. The van der Waals surface area contributed by atoms with Crippen molar-refractivity contribution >= 4 is 29.4 Å². The van der Waals surface area contributed by atoms with Crippen LogP contribution in [0.2, 0.25) is 5.15 Å². The van der Waals surface area contributed by atoms with Gasteiger partial charge in [-0.05, 0) is 49.4 Å². The van der Waals surface area contributed by atoms with Gasteiger partial charge in [0.15, 0.2) is 6.29 Å². The van der Waals surface area contributed by atoms with Crippen molar-refractivity contribution in [3.63, 3.8) is 0 Å². The molecule has 0 amide bonds.